The molecule has 0 radical (unpaired) electrons. The molecule has 2 aromatic heterocycles. The third-order valence-corrected chi connectivity index (χ3v) is 8.18. The standard InChI is InChI=1S/C22H28N8O2S/c1-26-9-11-27(12-10-26)21-17-22(24-18-23-21)28-13-15-29(16-14-28)33(31,32)20-5-3-19(4-6-20)30-8-2-7-25-30/h2-8,17-18H,9-16H2,1H3. The molecule has 5 rings (SSSR count). The van der Waals surface area contributed by atoms with Gasteiger partial charge in [-0.15, -0.1) is 0 Å². The van der Waals surface area contributed by atoms with E-state index >= 15 is 0 Å². The molecule has 0 N–H and O–H groups in total. The summed E-state index contributed by atoms with van der Waals surface area (Å²) in [6, 6.07) is 10.7. The van der Waals surface area contributed by atoms with Crippen LogP contribution in [0.2, 0.25) is 0 Å². The van der Waals surface area contributed by atoms with Gasteiger partial charge in [0, 0.05) is 70.8 Å². The highest BCUT2D eigenvalue weighted by molar-refractivity contribution is 7.89. The molecular formula is C22H28N8O2S. The lowest BCUT2D eigenvalue weighted by Gasteiger charge is -2.36. The van der Waals surface area contributed by atoms with E-state index < -0.39 is 10.0 Å². The van der Waals surface area contributed by atoms with Crippen LogP contribution in [0.1, 0.15) is 0 Å². The maximum Gasteiger partial charge on any atom is 0.243 e. The van der Waals surface area contributed by atoms with Crippen LogP contribution in [0, 0.1) is 0 Å². The van der Waals surface area contributed by atoms with E-state index in [0.717, 1.165) is 43.5 Å². The Balaban J connectivity index is 1.24. The van der Waals surface area contributed by atoms with Crippen molar-refractivity contribution in [3.63, 3.8) is 0 Å². The Morgan fingerprint density at radius 3 is 2.00 bits per heavy atom. The predicted octanol–water partition coefficient (Wildman–Crippen LogP) is 0.925. The number of anilines is 2. The van der Waals surface area contributed by atoms with Crippen molar-refractivity contribution in [1.29, 1.82) is 0 Å². The molecule has 174 valence electrons. The summed E-state index contributed by atoms with van der Waals surface area (Å²) in [6.45, 7) is 5.91. The second-order valence-electron chi connectivity index (χ2n) is 8.36. The maximum atomic E-state index is 13.2. The Labute approximate surface area is 194 Å². The molecule has 0 amide bonds. The molecule has 1 aromatic carbocycles. The highest BCUT2D eigenvalue weighted by Crippen LogP contribution is 2.23. The zero-order valence-electron chi connectivity index (χ0n) is 18.7. The van der Waals surface area contributed by atoms with Gasteiger partial charge >= 0.3 is 0 Å². The molecule has 2 saturated heterocycles. The molecule has 0 atom stereocenters. The number of nitrogens with zero attached hydrogens (tertiary/aromatic N) is 8. The summed E-state index contributed by atoms with van der Waals surface area (Å²) in [7, 11) is -1.42. The van der Waals surface area contributed by atoms with Crippen LogP contribution >= 0.6 is 0 Å². The van der Waals surface area contributed by atoms with E-state index in [4.69, 9.17) is 0 Å². The van der Waals surface area contributed by atoms with E-state index in [1.54, 1.807) is 45.8 Å². The molecule has 10 nitrogen and oxygen atoms in total. The summed E-state index contributed by atoms with van der Waals surface area (Å²) in [6.07, 6.45) is 5.12. The zero-order valence-corrected chi connectivity index (χ0v) is 19.5. The fourth-order valence-corrected chi connectivity index (χ4v) is 5.64. The third-order valence-electron chi connectivity index (χ3n) is 6.27. The maximum absolute atomic E-state index is 13.2. The lowest BCUT2D eigenvalue weighted by atomic mass is 10.3. The largest absolute Gasteiger partial charge is 0.354 e. The first-order chi connectivity index (χ1) is 16.0. The van der Waals surface area contributed by atoms with Gasteiger partial charge < -0.3 is 14.7 Å². The van der Waals surface area contributed by atoms with Crippen molar-refractivity contribution < 1.29 is 8.42 Å². The lowest BCUT2D eigenvalue weighted by Crippen LogP contribution is -2.49. The summed E-state index contributed by atoms with van der Waals surface area (Å²) in [5, 5.41) is 4.18. The number of piperazine rings is 2. The number of aromatic nitrogens is 4. The first-order valence-corrected chi connectivity index (χ1v) is 12.6. The van der Waals surface area contributed by atoms with Crippen molar-refractivity contribution in [1.82, 2.24) is 29.0 Å². The van der Waals surface area contributed by atoms with Crippen LogP contribution in [-0.2, 0) is 10.0 Å². The van der Waals surface area contributed by atoms with Crippen LogP contribution in [0.25, 0.3) is 5.69 Å². The SMILES string of the molecule is CN1CCN(c2cc(N3CCN(S(=O)(=O)c4ccc(-n5cccn5)cc4)CC3)ncn2)CC1. The minimum Gasteiger partial charge on any atom is -0.354 e. The predicted molar refractivity (Wildman–Crippen MR) is 126 cm³/mol. The van der Waals surface area contributed by atoms with Crippen LogP contribution in [0.4, 0.5) is 11.6 Å². The van der Waals surface area contributed by atoms with Gasteiger partial charge in [0.1, 0.15) is 18.0 Å². The van der Waals surface area contributed by atoms with Gasteiger partial charge in [-0.2, -0.15) is 9.40 Å². The monoisotopic (exact) mass is 468 g/mol. The molecule has 2 fully saturated rings. The first-order valence-electron chi connectivity index (χ1n) is 11.1. The fourth-order valence-electron chi connectivity index (χ4n) is 4.22. The Bertz CT molecular complexity index is 1170. The molecule has 33 heavy (non-hydrogen) atoms. The van der Waals surface area contributed by atoms with Gasteiger partial charge in [-0.1, -0.05) is 0 Å². The number of sulfonamides is 1. The lowest BCUT2D eigenvalue weighted by molar-refractivity contribution is 0.312. The van der Waals surface area contributed by atoms with Gasteiger partial charge in [0.05, 0.1) is 10.6 Å². The number of hydrogen-bond acceptors (Lipinski definition) is 8. The second kappa shape index (κ2) is 9.08. The number of hydrogen-bond donors (Lipinski definition) is 0. The Hall–Kier alpha value is -3.02. The van der Waals surface area contributed by atoms with Crippen LogP contribution in [0.15, 0.2) is 60.0 Å². The molecule has 2 aliphatic rings. The molecule has 3 aromatic rings. The molecule has 0 aliphatic carbocycles. The van der Waals surface area contributed by atoms with E-state index in [1.165, 1.54) is 0 Å². The quantitative estimate of drug-likeness (QED) is 0.546. The summed E-state index contributed by atoms with van der Waals surface area (Å²) in [4.78, 5) is 15.9. The van der Waals surface area contributed by atoms with Gasteiger partial charge in [0.2, 0.25) is 10.0 Å². The fraction of sp³-hybridized carbons (Fsp3) is 0.409. The van der Waals surface area contributed by atoms with E-state index in [1.807, 2.05) is 18.3 Å². The van der Waals surface area contributed by atoms with Crippen molar-refractivity contribution in [2.45, 2.75) is 4.90 Å². The second-order valence-corrected chi connectivity index (χ2v) is 10.3. The van der Waals surface area contributed by atoms with Gasteiger partial charge in [-0.3, -0.25) is 0 Å². The van der Waals surface area contributed by atoms with E-state index in [9.17, 15) is 8.42 Å². The molecule has 11 heteroatoms. The normalized spacial score (nSPS) is 18.6. The molecule has 0 bridgehead atoms. The summed E-state index contributed by atoms with van der Waals surface area (Å²) in [5.41, 5.74) is 0.823. The van der Waals surface area contributed by atoms with Crippen LogP contribution in [-0.4, -0.2) is 96.8 Å². The summed E-state index contributed by atoms with van der Waals surface area (Å²) < 4.78 is 29.6. The molecule has 0 saturated carbocycles. The van der Waals surface area contributed by atoms with Crippen LogP contribution in [0.3, 0.4) is 0 Å². The third kappa shape index (κ3) is 4.56. The van der Waals surface area contributed by atoms with Crippen molar-refractivity contribution in [2.75, 3.05) is 69.2 Å². The highest BCUT2D eigenvalue weighted by Gasteiger charge is 2.29. The van der Waals surface area contributed by atoms with Crippen molar-refractivity contribution in [3.8, 4) is 5.69 Å². The van der Waals surface area contributed by atoms with Crippen LogP contribution in [0.5, 0.6) is 0 Å². The van der Waals surface area contributed by atoms with Gasteiger partial charge in [-0.05, 0) is 37.4 Å². The topological polar surface area (TPSA) is 90.7 Å². The Morgan fingerprint density at radius 1 is 0.818 bits per heavy atom. The minimum atomic E-state index is -3.55. The zero-order chi connectivity index (χ0) is 22.8. The average Bonchev–Trinajstić information content (AvgIpc) is 3.40. The molecule has 4 heterocycles. The van der Waals surface area contributed by atoms with Crippen molar-refractivity contribution in [3.05, 3.63) is 55.1 Å². The number of benzene rings is 1. The molecule has 0 unspecified atom stereocenters. The van der Waals surface area contributed by atoms with Crippen LogP contribution < -0.4 is 9.80 Å². The Morgan fingerprint density at radius 2 is 1.42 bits per heavy atom. The number of likely N-dealkylation sites (N-methyl/N-ethyl adjacent to an activating group) is 1. The Kier molecular flexibility index (Phi) is 6.00. The summed E-state index contributed by atoms with van der Waals surface area (Å²) >= 11 is 0. The first kappa shape index (κ1) is 21.8. The van der Waals surface area contributed by atoms with E-state index in [0.29, 0.717) is 31.1 Å². The van der Waals surface area contributed by atoms with E-state index in [2.05, 4.69) is 36.8 Å². The highest BCUT2D eigenvalue weighted by atomic mass is 32.2. The number of rotatable bonds is 5. The molecule has 2 aliphatic heterocycles. The van der Waals surface area contributed by atoms with Gasteiger partial charge in [0.15, 0.2) is 0 Å². The smallest absolute Gasteiger partial charge is 0.243 e. The van der Waals surface area contributed by atoms with E-state index in [-0.39, 0.29) is 0 Å². The molecular weight excluding hydrogens is 440 g/mol. The summed E-state index contributed by atoms with van der Waals surface area (Å²) in [5.74, 6) is 1.78. The van der Waals surface area contributed by atoms with Crippen molar-refractivity contribution >= 4 is 21.7 Å². The van der Waals surface area contributed by atoms with Gasteiger partial charge in [0.25, 0.3) is 0 Å². The molecule has 0 spiro atoms. The average molecular weight is 469 g/mol. The minimum absolute atomic E-state index is 0.297. The van der Waals surface area contributed by atoms with Crippen molar-refractivity contribution in [2.24, 2.45) is 0 Å². The van der Waals surface area contributed by atoms with Gasteiger partial charge in [-0.25, -0.2) is 23.1 Å².